The van der Waals surface area contributed by atoms with Crippen LogP contribution in [0, 0.1) is 0 Å². The maximum atomic E-state index is 4.41. The fourth-order valence-corrected chi connectivity index (χ4v) is 2.15. The summed E-state index contributed by atoms with van der Waals surface area (Å²) in [4.78, 5) is 8.70. The Morgan fingerprint density at radius 1 is 1.33 bits per heavy atom. The quantitative estimate of drug-likeness (QED) is 0.665. The molecule has 3 N–H and O–H groups in total. The molecule has 0 amide bonds. The lowest BCUT2D eigenvalue weighted by Gasteiger charge is -2.07. The van der Waals surface area contributed by atoms with E-state index in [-0.39, 0.29) is 0 Å². The lowest BCUT2D eigenvalue weighted by molar-refractivity contribution is 0.840. The summed E-state index contributed by atoms with van der Waals surface area (Å²) in [5.74, 6) is 2.63. The molecule has 7 heteroatoms. The van der Waals surface area contributed by atoms with Crippen LogP contribution in [0.2, 0.25) is 0 Å². The van der Waals surface area contributed by atoms with E-state index in [1.165, 1.54) is 12.2 Å². The zero-order valence-corrected chi connectivity index (χ0v) is 11.5. The predicted molar refractivity (Wildman–Crippen MR) is 77.3 cm³/mol. The van der Waals surface area contributed by atoms with Crippen LogP contribution in [-0.4, -0.2) is 45.8 Å². The number of nitrogens with zero attached hydrogens (tertiary/aromatic N) is 3. The third kappa shape index (κ3) is 3.04. The zero-order valence-electron chi connectivity index (χ0n) is 10.7. The van der Waals surface area contributed by atoms with Crippen molar-refractivity contribution in [2.45, 2.75) is 12.8 Å². The molecule has 0 aromatic carbocycles. The van der Waals surface area contributed by atoms with E-state index >= 15 is 0 Å². The van der Waals surface area contributed by atoms with Crippen LogP contribution in [-0.2, 0) is 0 Å². The van der Waals surface area contributed by atoms with Crippen LogP contribution in [0.1, 0.15) is 12.8 Å². The number of anilines is 2. The molecule has 18 heavy (non-hydrogen) atoms. The highest BCUT2D eigenvalue weighted by molar-refractivity contribution is 7.98. The van der Waals surface area contributed by atoms with Gasteiger partial charge in [0.2, 0.25) is 5.95 Å². The van der Waals surface area contributed by atoms with Crippen LogP contribution in [0.3, 0.4) is 0 Å². The molecule has 2 heterocycles. The van der Waals surface area contributed by atoms with Crippen LogP contribution in [0.15, 0.2) is 6.20 Å². The first kappa shape index (κ1) is 12.9. The first-order chi connectivity index (χ1) is 8.85. The molecule has 0 atom stereocenters. The molecule has 2 aromatic rings. The van der Waals surface area contributed by atoms with E-state index in [1.54, 1.807) is 13.2 Å². The highest BCUT2D eigenvalue weighted by Gasteiger charge is 2.07. The van der Waals surface area contributed by atoms with E-state index in [0.29, 0.717) is 5.95 Å². The molecular weight excluding hydrogens is 248 g/mol. The lowest BCUT2D eigenvalue weighted by atomic mass is 10.3. The molecule has 2 aromatic heterocycles. The Morgan fingerprint density at radius 3 is 3.00 bits per heavy atom. The molecule has 98 valence electrons. The molecule has 0 bridgehead atoms. The molecule has 0 spiro atoms. The van der Waals surface area contributed by atoms with Gasteiger partial charge in [-0.2, -0.15) is 26.8 Å². The summed E-state index contributed by atoms with van der Waals surface area (Å²) >= 11 is 1.88. The van der Waals surface area contributed by atoms with Crippen LogP contribution < -0.4 is 10.6 Å². The third-order valence-corrected chi connectivity index (χ3v) is 3.30. The minimum Gasteiger partial charge on any atom is -0.369 e. The molecule has 0 unspecified atom stereocenters. The molecule has 2 rings (SSSR count). The number of aromatic amines is 1. The minimum atomic E-state index is 0.596. The van der Waals surface area contributed by atoms with Gasteiger partial charge in [-0.25, -0.2) is 0 Å². The number of hydrogen-bond acceptors (Lipinski definition) is 6. The summed E-state index contributed by atoms with van der Waals surface area (Å²) in [5.41, 5.74) is 0.751. The second-order valence-electron chi connectivity index (χ2n) is 3.90. The van der Waals surface area contributed by atoms with Gasteiger partial charge in [-0.3, -0.25) is 5.10 Å². The molecule has 0 fully saturated rings. The Bertz CT molecular complexity index is 497. The molecular formula is C11H18N6S. The van der Waals surface area contributed by atoms with Crippen molar-refractivity contribution < 1.29 is 0 Å². The second-order valence-corrected chi connectivity index (χ2v) is 4.89. The number of fused-ring (bicyclic) bond motifs is 1. The fraction of sp³-hybridized carbons (Fsp3) is 0.545. The Hall–Kier alpha value is -1.50. The summed E-state index contributed by atoms with van der Waals surface area (Å²) in [6.45, 7) is 0.918. The first-order valence-electron chi connectivity index (χ1n) is 5.97. The smallest absolute Gasteiger partial charge is 0.226 e. The largest absolute Gasteiger partial charge is 0.369 e. The number of nitrogens with one attached hydrogen (secondary N) is 3. The van der Waals surface area contributed by atoms with E-state index in [9.17, 15) is 0 Å². The van der Waals surface area contributed by atoms with Gasteiger partial charge in [0, 0.05) is 13.6 Å². The molecule has 6 nitrogen and oxygen atoms in total. The summed E-state index contributed by atoms with van der Waals surface area (Å²) in [6, 6.07) is 0. The average Bonchev–Trinajstić information content (AvgIpc) is 2.86. The van der Waals surface area contributed by atoms with Gasteiger partial charge in [0.25, 0.3) is 0 Å². The summed E-state index contributed by atoms with van der Waals surface area (Å²) in [7, 11) is 1.81. The molecule has 0 aliphatic rings. The predicted octanol–water partition coefficient (Wildman–Crippen LogP) is 1.95. The molecule has 0 aliphatic carbocycles. The normalized spacial score (nSPS) is 10.8. The van der Waals surface area contributed by atoms with Crippen molar-refractivity contribution in [1.82, 2.24) is 20.2 Å². The van der Waals surface area contributed by atoms with Gasteiger partial charge in [-0.15, -0.1) is 0 Å². The monoisotopic (exact) mass is 266 g/mol. The van der Waals surface area contributed by atoms with E-state index in [4.69, 9.17) is 0 Å². The maximum absolute atomic E-state index is 4.41. The number of hydrogen-bond donors (Lipinski definition) is 3. The molecule has 0 saturated carbocycles. The second kappa shape index (κ2) is 6.44. The highest BCUT2D eigenvalue weighted by atomic mass is 32.2. The van der Waals surface area contributed by atoms with Gasteiger partial charge in [-0.05, 0) is 24.9 Å². The van der Waals surface area contributed by atoms with Crippen molar-refractivity contribution >= 4 is 34.6 Å². The SMILES string of the molecule is CNc1nc(NCCCCSC)c2cn[nH]c2n1. The number of thioether (sulfide) groups is 1. The Kier molecular flexibility index (Phi) is 4.63. The third-order valence-electron chi connectivity index (χ3n) is 2.60. The summed E-state index contributed by atoms with van der Waals surface area (Å²) in [6.07, 6.45) is 6.23. The van der Waals surface area contributed by atoms with Crippen molar-refractivity contribution in [2.24, 2.45) is 0 Å². The average molecular weight is 266 g/mol. The lowest BCUT2D eigenvalue weighted by Crippen LogP contribution is -2.06. The fourth-order valence-electron chi connectivity index (χ4n) is 1.66. The Morgan fingerprint density at radius 2 is 2.22 bits per heavy atom. The van der Waals surface area contributed by atoms with Crippen LogP contribution in [0.25, 0.3) is 11.0 Å². The topological polar surface area (TPSA) is 78.5 Å². The molecule has 0 aliphatic heterocycles. The minimum absolute atomic E-state index is 0.596. The number of aromatic nitrogens is 4. The highest BCUT2D eigenvalue weighted by Crippen LogP contribution is 2.19. The van der Waals surface area contributed by atoms with Crippen LogP contribution in [0.4, 0.5) is 11.8 Å². The van der Waals surface area contributed by atoms with Crippen molar-refractivity contribution in [3.8, 4) is 0 Å². The number of unbranched alkanes of at least 4 members (excludes halogenated alkanes) is 1. The van der Waals surface area contributed by atoms with Gasteiger partial charge < -0.3 is 10.6 Å². The first-order valence-corrected chi connectivity index (χ1v) is 7.36. The summed E-state index contributed by atoms with van der Waals surface area (Å²) in [5, 5.41) is 14.1. The van der Waals surface area contributed by atoms with Crippen LogP contribution >= 0.6 is 11.8 Å². The van der Waals surface area contributed by atoms with E-state index in [1.807, 2.05) is 11.8 Å². The van der Waals surface area contributed by atoms with E-state index in [0.717, 1.165) is 29.8 Å². The van der Waals surface area contributed by atoms with Crippen molar-refractivity contribution in [2.75, 3.05) is 36.2 Å². The van der Waals surface area contributed by atoms with Gasteiger partial charge in [0.1, 0.15) is 5.82 Å². The number of H-pyrrole nitrogens is 1. The van der Waals surface area contributed by atoms with Crippen molar-refractivity contribution in [3.63, 3.8) is 0 Å². The van der Waals surface area contributed by atoms with Crippen molar-refractivity contribution in [3.05, 3.63) is 6.20 Å². The Labute approximate surface area is 110 Å². The van der Waals surface area contributed by atoms with Gasteiger partial charge in [0.15, 0.2) is 5.65 Å². The van der Waals surface area contributed by atoms with Gasteiger partial charge in [0.05, 0.1) is 11.6 Å². The Balaban J connectivity index is 2.04. The van der Waals surface area contributed by atoms with Gasteiger partial charge in [-0.1, -0.05) is 0 Å². The number of rotatable bonds is 7. The standard InChI is InChI=1S/C11H18N6S/c1-12-11-15-9(13-5-3-4-6-18-2)8-7-14-17-10(8)16-11/h7H,3-6H2,1-2H3,(H3,12,13,14,15,16,17). The zero-order chi connectivity index (χ0) is 12.8. The maximum Gasteiger partial charge on any atom is 0.226 e. The van der Waals surface area contributed by atoms with Crippen molar-refractivity contribution in [1.29, 1.82) is 0 Å². The van der Waals surface area contributed by atoms with E-state index in [2.05, 4.69) is 37.1 Å². The molecule has 0 radical (unpaired) electrons. The molecule has 0 saturated heterocycles. The van der Waals surface area contributed by atoms with E-state index < -0.39 is 0 Å². The van der Waals surface area contributed by atoms with Crippen LogP contribution in [0.5, 0.6) is 0 Å². The summed E-state index contributed by atoms with van der Waals surface area (Å²) < 4.78 is 0. The van der Waals surface area contributed by atoms with Gasteiger partial charge >= 0.3 is 0 Å².